The summed E-state index contributed by atoms with van der Waals surface area (Å²) in [6.07, 6.45) is 2.39. The van der Waals surface area contributed by atoms with Crippen molar-refractivity contribution in [3.05, 3.63) is 53.6 Å². The number of rotatable bonds is 5. The van der Waals surface area contributed by atoms with Crippen molar-refractivity contribution in [2.24, 2.45) is 0 Å². The molecule has 0 aliphatic rings. The molecule has 2 N–H and O–H groups in total. The Morgan fingerprint density at radius 2 is 1.68 bits per heavy atom. The van der Waals surface area contributed by atoms with E-state index in [1.165, 1.54) is 12.7 Å². The third-order valence-electron chi connectivity index (χ3n) is 3.18. The molecular weight excluding hydrogens is 240 g/mol. The number of benzene rings is 2. The van der Waals surface area contributed by atoms with Gasteiger partial charge in [-0.2, -0.15) is 0 Å². The average Bonchev–Trinajstić information content (AvgIpc) is 2.44. The van der Waals surface area contributed by atoms with Gasteiger partial charge in [-0.25, -0.2) is 0 Å². The van der Waals surface area contributed by atoms with E-state index in [0.717, 1.165) is 12.8 Å². The van der Waals surface area contributed by atoms with E-state index < -0.39 is 0 Å². The quantitative estimate of drug-likeness (QED) is 0.865. The van der Waals surface area contributed by atoms with Gasteiger partial charge in [-0.1, -0.05) is 30.3 Å². The van der Waals surface area contributed by atoms with Crippen LogP contribution in [0.1, 0.15) is 17.5 Å². The Morgan fingerprint density at radius 1 is 0.947 bits per heavy atom. The van der Waals surface area contributed by atoms with E-state index in [4.69, 9.17) is 4.74 Å². The summed E-state index contributed by atoms with van der Waals surface area (Å²) in [5.74, 6) is 0.550. The lowest BCUT2D eigenvalue weighted by atomic mass is 10.0. The fourth-order valence-electron chi connectivity index (χ4n) is 2.13. The maximum atomic E-state index is 9.98. The Bertz CT molecular complexity index is 535. The van der Waals surface area contributed by atoms with Crippen molar-refractivity contribution in [2.45, 2.75) is 19.3 Å². The molecule has 19 heavy (non-hydrogen) atoms. The van der Waals surface area contributed by atoms with Crippen molar-refractivity contribution in [3.63, 3.8) is 0 Å². The first-order chi connectivity index (χ1) is 9.22. The van der Waals surface area contributed by atoms with Crippen LogP contribution in [0.2, 0.25) is 0 Å². The molecule has 0 amide bonds. The van der Waals surface area contributed by atoms with Crippen LogP contribution in [0.5, 0.6) is 17.2 Å². The van der Waals surface area contributed by atoms with Gasteiger partial charge in [-0.05, 0) is 37.0 Å². The van der Waals surface area contributed by atoms with Gasteiger partial charge in [0.05, 0.1) is 7.11 Å². The van der Waals surface area contributed by atoms with E-state index >= 15 is 0 Å². The molecule has 0 aliphatic heterocycles. The first-order valence-electron chi connectivity index (χ1n) is 6.34. The third-order valence-corrected chi connectivity index (χ3v) is 3.18. The van der Waals surface area contributed by atoms with Crippen LogP contribution in [0.3, 0.4) is 0 Å². The van der Waals surface area contributed by atoms with Gasteiger partial charge < -0.3 is 14.9 Å². The summed E-state index contributed by atoms with van der Waals surface area (Å²) in [7, 11) is 1.50. The Hall–Kier alpha value is -2.16. The van der Waals surface area contributed by atoms with Crippen LogP contribution < -0.4 is 4.74 Å². The SMILES string of the molecule is COc1ccc(O)c(CCCc2ccccc2)c1O. The van der Waals surface area contributed by atoms with Gasteiger partial charge >= 0.3 is 0 Å². The van der Waals surface area contributed by atoms with Crippen molar-refractivity contribution in [2.75, 3.05) is 7.11 Å². The lowest BCUT2D eigenvalue weighted by Gasteiger charge is -2.10. The Kier molecular flexibility index (Phi) is 4.29. The molecule has 100 valence electrons. The van der Waals surface area contributed by atoms with Crippen LogP contribution in [0.25, 0.3) is 0 Å². The van der Waals surface area contributed by atoms with Gasteiger partial charge in [0.1, 0.15) is 5.75 Å². The molecule has 0 saturated carbocycles. The topological polar surface area (TPSA) is 49.7 Å². The number of aromatic hydroxyl groups is 2. The van der Waals surface area contributed by atoms with Gasteiger partial charge in [0, 0.05) is 5.56 Å². The second-order valence-corrected chi connectivity index (χ2v) is 4.45. The van der Waals surface area contributed by atoms with Crippen LogP contribution in [0.15, 0.2) is 42.5 Å². The maximum Gasteiger partial charge on any atom is 0.164 e. The van der Waals surface area contributed by atoms with Crippen LogP contribution >= 0.6 is 0 Å². The molecule has 0 atom stereocenters. The second-order valence-electron chi connectivity index (χ2n) is 4.45. The van der Waals surface area contributed by atoms with E-state index in [1.807, 2.05) is 18.2 Å². The highest BCUT2D eigenvalue weighted by Crippen LogP contribution is 2.36. The Balaban J connectivity index is 2.03. The molecule has 0 saturated heterocycles. The molecule has 2 aromatic carbocycles. The minimum atomic E-state index is 0.0376. The minimum absolute atomic E-state index is 0.0376. The van der Waals surface area contributed by atoms with Crippen molar-refractivity contribution in [1.29, 1.82) is 0 Å². The molecule has 0 heterocycles. The van der Waals surface area contributed by atoms with Gasteiger partial charge in [0.2, 0.25) is 0 Å². The monoisotopic (exact) mass is 258 g/mol. The highest BCUT2D eigenvalue weighted by atomic mass is 16.5. The number of hydrogen-bond donors (Lipinski definition) is 2. The average molecular weight is 258 g/mol. The predicted molar refractivity (Wildman–Crippen MR) is 74.8 cm³/mol. The summed E-state index contributed by atoms with van der Waals surface area (Å²) in [5, 5.41) is 19.8. The number of methoxy groups -OCH3 is 1. The minimum Gasteiger partial charge on any atom is -0.508 e. The molecule has 0 fully saturated rings. The van der Waals surface area contributed by atoms with E-state index in [9.17, 15) is 10.2 Å². The summed E-state index contributed by atoms with van der Waals surface area (Å²) in [6.45, 7) is 0. The molecule has 0 bridgehead atoms. The van der Waals surface area contributed by atoms with Gasteiger partial charge in [-0.3, -0.25) is 0 Å². The fraction of sp³-hybridized carbons (Fsp3) is 0.250. The van der Waals surface area contributed by atoms with Gasteiger partial charge in [0.25, 0.3) is 0 Å². The zero-order valence-corrected chi connectivity index (χ0v) is 11.0. The third kappa shape index (κ3) is 3.19. The molecule has 3 heteroatoms. The highest BCUT2D eigenvalue weighted by Gasteiger charge is 2.12. The van der Waals surface area contributed by atoms with Crippen LogP contribution in [-0.4, -0.2) is 17.3 Å². The summed E-state index contributed by atoms with van der Waals surface area (Å²) >= 11 is 0. The van der Waals surface area contributed by atoms with E-state index in [2.05, 4.69) is 12.1 Å². The van der Waals surface area contributed by atoms with Crippen LogP contribution in [0.4, 0.5) is 0 Å². The van der Waals surface area contributed by atoms with E-state index in [1.54, 1.807) is 12.1 Å². The first-order valence-corrected chi connectivity index (χ1v) is 6.34. The van der Waals surface area contributed by atoms with Crippen LogP contribution in [0, 0.1) is 0 Å². The summed E-state index contributed by atoms with van der Waals surface area (Å²) in [4.78, 5) is 0. The molecule has 0 unspecified atom stereocenters. The zero-order chi connectivity index (χ0) is 13.7. The number of aryl methyl sites for hydroxylation is 1. The van der Waals surface area contributed by atoms with Crippen molar-refractivity contribution >= 4 is 0 Å². The predicted octanol–water partition coefficient (Wildman–Crippen LogP) is 3.28. The van der Waals surface area contributed by atoms with Crippen LogP contribution in [-0.2, 0) is 12.8 Å². The zero-order valence-electron chi connectivity index (χ0n) is 11.0. The standard InChI is InChI=1S/C16H18O3/c1-19-15-11-10-14(17)13(16(15)18)9-5-8-12-6-3-2-4-7-12/h2-4,6-7,10-11,17-18H,5,8-9H2,1H3. The number of hydrogen-bond acceptors (Lipinski definition) is 3. The molecule has 0 spiro atoms. The molecule has 3 nitrogen and oxygen atoms in total. The number of ether oxygens (including phenoxy) is 1. The molecule has 0 aliphatic carbocycles. The highest BCUT2D eigenvalue weighted by molar-refractivity contribution is 5.52. The first kappa shape index (κ1) is 13.3. The summed E-state index contributed by atoms with van der Waals surface area (Å²) in [6, 6.07) is 13.3. The Morgan fingerprint density at radius 3 is 2.37 bits per heavy atom. The molecule has 2 aromatic rings. The molecule has 0 aromatic heterocycles. The Labute approximate surface area is 113 Å². The lowest BCUT2D eigenvalue weighted by Crippen LogP contribution is -1.93. The molecular formula is C16H18O3. The normalized spacial score (nSPS) is 10.4. The fourth-order valence-corrected chi connectivity index (χ4v) is 2.13. The lowest BCUT2D eigenvalue weighted by molar-refractivity contribution is 0.364. The number of phenols is 2. The summed E-state index contributed by atoms with van der Waals surface area (Å²) in [5.41, 5.74) is 1.81. The number of phenolic OH excluding ortho intramolecular Hbond substituents is 2. The van der Waals surface area contributed by atoms with Crippen molar-refractivity contribution < 1.29 is 14.9 Å². The molecule has 0 radical (unpaired) electrons. The second kappa shape index (κ2) is 6.14. The van der Waals surface area contributed by atoms with Crippen molar-refractivity contribution in [1.82, 2.24) is 0 Å². The van der Waals surface area contributed by atoms with Gasteiger partial charge in [0.15, 0.2) is 11.5 Å². The van der Waals surface area contributed by atoms with E-state index in [-0.39, 0.29) is 11.5 Å². The smallest absolute Gasteiger partial charge is 0.164 e. The van der Waals surface area contributed by atoms with E-state index in [0.29, 0.717) is 17.7 Å². The van der Waals surface area contributed by atoms with Crippen molar-refractivity contribution in [3.8, 4) is 17.2 Å². The molecule has 2 rings (SSSR count). The maximum absolute atomic E-state index is 9.98. The largest absolute Gasteiger partial charge is 0.508 e. The van der Waals surface area contributed by atoms with Gasteiger partial charge in [-0.15, -0.1) is 0 Å². The summed E-state index contributed by atoms with van der Waals surface area (Å²) < 4.78 is 5.04.